The number of nitrogens with one attached hydrogen (secondary N) is 2. The van der Waals surface area contributed by atoms with E-state index < -0.39 is 0 Å². The number of aryl methyl sites for hydroxylation is 1. The summed E-state index contributed by atoms with van der Waals surface area (Å²) < 4.78 is 0. The third-order valence-electron chi connectivity index (χ3n) is 3.93. The predicted octanol–water partition coefficient (Wildman–Crippen LogP) is 1.92. The average molecular weight is 237 g/mol. The fourth-order valence-corrected chi connectivity index (χ4v) is 2.75. The van der Waals surface area contributed by atoms with Gasteiger partial charge in [-0.05, 0) is 45.4 Å². The van der Waals surface area contributed by atoms with Gasteiger partial charge in [0, 0.05) is 29.9 Å². The molecule has 96 valence electrons. The number of aromatic amines is 1. The van der Waals surface area contributed by atoms with E-state index in [2.05, 4.69) is 29.4 Å². The first-order chi connectivity index (χ1) is 8.20. The third kappa shape index (κ3) is 3.07. The standard InChI is InChI=1S/C13H23N3O/c1-9(13-7-14-16-10(13)2)15-12-5-3-11(8-17)4-6-12/h7,9,11-12,15,17H,3-6,8H2,1-2H3,(H,14,16). The quantitative estimate of drug-likeness (QED) is 0.749. The lowest BCUT2D eigenvalue weighted by Crippen LogP contribution is -2.35. The monoisotopic (exact) mass is 237 g/mol. The first kappa shape index (κ1) is 12.6. The van der Waals surface area contributed by atoms with Gasteiger partial charge in [0.2, 0.25) is 0 Å². The minimum Gasteiger partial charge on any atom is -0.396 e. The fraction of sp³-hybridized carbons (Fsp3) is 0.769. The molecule has 17 heavy (non-hydrogen) atoms. The van der Waals surface area contributed by atoms with Gasteiger partial charge in [0.25, 0.3) is 0 Å². The largest absolute Gasteiger partial charge is 0.396 e. The SMILES string of the molecule is Cc1[nH]ncc1C(C)NC1CCC(CO)CC1. The Balaban J connectivity index is 1.84. The highest BCUT2D eigenvalue weighted by molar-refractivity contribution is 5.18. The van der Waals surface area contributed by atoms with E-state index in [1.165, 1.54) is 18.4 Å². The highest BCUT2D eigenvalue weighted by Crippen LogP contribution is 2.26. The van der Waals surface area contributed by atoms with E-state index in [-0.39, 0.29) is 0 Å². The normalized spacial score (nSPS) is 27.0. The summed E-state index contributed by atoms with van der Waals surface area (Å²) in [6, 6.07) is 0.937. The molecule has 4 heteroatoms. The number of aliphatic hydroxyl groups excluding tert-OH is 1. The van der Waals surface area contributed by atoms with Crippen molar-refractivity contribution in [3.63, 3.8) is 0 Å². The van der Waals surface area contributed by atoms with Gasteiger partial charge < -0.3 is 10.4 Å². The van der Waals surface area contributed by atoms with Crippen LogP contribution in [0.1, 0.15) is 49.9 Å². The fourth-order valence-electron chi connectivity index (χ4n) is 2.75. The molecule has 0 spiro atoms. The van der Waals surface area contributed by atoms with Gasteiger partial charge in [0.1, 0.15) is 0 Å². The molecule has 0 aliphatic heterocycles. The number of aliphatic hydroxyl groups is 1. The van der Waals surface area contributed by atoms with E-state index in [0.29, 0.717) is 24.6 Å². The van der Waals surface area contributed by atoms with Crippen LogP contribution in [0.5, 0.6) is 0 Å². The molecule has 1 aromatic rings. The number of aromatic nitrogens is 2. The molecule has 0 amide bonds. The number of hydrogen-bond donors (Lipinski definition) is 3. The lowest BCUT2D eigenvalue weighted by Gasteiger charge is -2.30. The molecule has 1 atom stereocenters. The van der Waals surface area contributed by atoms with Crippen LogP contribution in [0.2, 0.25) is 0 Å². The Hall–Kier alpha value is -0.870. The summed E-state index contributed by atoms with van der Waals surface area (Å²) in [6.45, 7) is 4.60. The summed E-state index contributed by atoms with van der Waals surface area (Å²) >= 11 is 0. The molecule has 1 unspecified atom stereocenters. The van der Waals surface area contributed by atoms with Crippen LogP contribution in [0, 0.1) is 12.8 Å². The zero-order chi connectivity index (χ0) is 12.3. The smallest absolute Gasteiger partial charge is 0.0537 e. The van der Waals surface area contributed by atoms with Crippen LogP contribution in [0.15, 0.2) is 6.20 Å². The van der Waals surface area contributed by atoms with Crippen LogP contribution >= 0.6 is 0 Å². The van der Waals surface area contributed by atoms with Crippen LogP contribution < -0.4 is 5.32 Å². The van der Waals surface area contributed by atoms with E-state index in [9.17, 15) is 0 Å². The first-order valence-corrected chi connectivity index (χ1v) is 6.57. The van der Waals surface area contributed by atoms with Crippen molar-refractivity contribution in [3.05, 3.63) is 17.5 Å². The molecule has 4 nitrogen and oxygen atoms in total. The van der Waals surface area contributed by atoms with E-state index in [1.54, 1.807) is 0 Å². The minimum absolute atomic E-state index is 0.350. The van der Waals surface area contributed by atoms with Crippen molar-refractivity contribution in [2.45, 2.75) is 51.6 Å². The number of nitrogens with zero attached hydrogens (tertiary/aromatic N) is 1. The molecule has 1 fully saturated rings. The van der Waals surface area contributed by atoms with Crippen LogP contribution in [0.25, 0.3) is 0 Å². The first-order valence-electron chi connectivity index (χ1n) is 6.57. The lowest BCUT2D eigenvalue weighted by molar-refractivity contribution is 0.172. The number of hydrogen-bond acceptors (Lipinski definition) is 3. The summed E-state index contributed by atoms with van der Waals surface area (Å²) in [6.07, 6.45) is 6.54. The predicted molar refractivity (Wildman–Crippen MR) is 67.7 cm³/mol. The minimum atomic E-state index is 0.350. The van der Waals surface area contributed by atoms with Crippen molar-refractivity contribution in [1.82, 2.24) is 15.5 Å². The maximum absolute atomic E-state index is 9.11. The average Bonchev–Trinajstić information content (AvgIpc) is 2.76. The second-order valence-corrected chi connectivity index (χ2v) is 5.24. The Bertz CT molecular complexity index is 342. The molecule has 1 aliphatic carbocycles. The summed E-state index contributed by atoms with van der Waals surface area (Å²) in [5.74, 6) is 0.527. The summed E-state index contributed by atoms with van der Waals surface area (Å²) in [7, 11) is 0. The molecule has 1 heterocycles. The van der Waals surface area contributed by atoms with Crippen molar-refractivity contribution in [2.24, 2.45) is 5.92 Å². The van der Waals surface area contributed by atoms with E-state index >= 15 is 0 Å². The topological polar surface area (TPSA) is 60.9 Å². The molecule has 3 N–H and O–H groups in total. The van der Waals surface area contributed by atoms with Gasteiger partial charge in [-0.15, -0.1) is 0 Å². The highest BCUT2D eigenvalue weighted by atomic mass is 16.3. The van der Waals surface area contributed by atoms with Gasteiger partial charge in [-0.25, -0.2) is 0 Å². The number of rotatable bonds is 4. The molecule has 0 aromatic carbocycles. The van der Waals surface area contributed by atoms with Gasteiger partial charge >= 0.3 is 0 Å². The van der Waals surface area contributed by atoms with Gasteiger partial charge in [0.05, 0.1) is 6.20 Å². The molecule has 0 radical (unpaired) electrons. The Labute approximate surface area is 103 Å². The van der Waals surface area contributed by atoms with Gasteiger partial charge in [-0.3, -0.25) is 5.10 Å². The summed E-state index contributed by atoms with van der Waals surface area (Å²) in [5, 5.41) is 19.8. The second-order valence-electron chi connectivity index (χ2n) is 5.24. The Morgan fingerprint density at radius 3 is 2.71 bits per heavy atom. The molecular formula is C13H23N3O. The summed E-state index contributed by atoms with van der Waals surface area (Å²) in [4.78, 5) is 0. The van der Waals surface area contributed by atoms with E-state index in [1.807, 2.05) is 6.20 Å². The summed E-state index contributed by atoms with van der Waals surface area (Å²) in [5.41, 5.74) is 2.41. The second kappa shape index (κ2) is 5.65. The molecule has 1 saturated carbocycles. The van der Waals surface area contributed by atoms with Crippen molar-refractivity contribution in [3.8, 4) is 0 Å². The van der Waals surface area contributed by atoms with Crippen molar-refractivity contribution >= 4 is 0 Å². The third-order valence-corrected chi connectivity index (χ3v) is 3.93. The van der Waals surface area contributed by atoms with E-state index in [4.69, 9.17) is 5.11 Å². The van der Waals surface area contributed by atoms with Crippen LogP contribution in [-0.2, 0) is 0 Å². The molecule has 0 bridgehead atoms. The van der Waals surface area contributed by atoms with Crippen molar-refractivity contribution in [1.29, 1.82) is 0 Å². The van der Waals surface area contributed by atoms with Crippen LogP contribution in [0.4, 0.5) is 0 Å². The maximum atomic E-state index is 9.11. The molecule has 0 saturated heterocycles. The zero-order valence-electron chi connectivity index (χ0n) is 10.7. The van der Waals surface area contributed by atoms with Crippen LogP contribution in [-0.4, -0.2) is 28.0 Å². The van der Waals surface area contributed by atoms with Gasteiger partial charge in [-0.1, -0.05) is 0 Å². The molecule has 1 aromatic heterocycles. The van der Waals surface area contributed by atoms with Crippen LogP contribution in [0.3, 0.4) is 0 Å². The van der Waals surface area contributed by atoms with Crippen molar-refractivity contribution < 1.29 is 5.11 Å². The van der Waals surface area contributed by atoms with E-state index in [0.717, 1.165) is 18.5 Å². The molecule has 1 aliphatic rings. The number of H-pyrrole nitrogens is 1. The molecular weight excluding hydrogens is 214 g/mol. The molecule has 2 rings (SSSR count). The Kier molecular flexibility index (Phi) is 4.18. The Morgan fingerprint density at radius 1 is 1.47 bits per heavy atom. The highest BCUT2D eigenvalue weighted by Gasteiger charge is 2.22. The zero-order valence-corrected chi connectivity index (χ0v) is 10.7. The van der Waals surface area contributed by atoms with Gasteiger partial charge in [0.15, 0.2) is 0 Å². The van der Waals surface area contributed by atoms with Gasteiger partial charge in [-0.2, -0.15) is 5.10 Å². The maximum Gasteiger partial charge on any atom is 0.0537 e. The van der Waals surface area contributed by atoms with Crippen molar-refractivity contribution in [2.75, 3.05) is 6.61 Å². The lowest BCUT2D eigenvalue weighted by atomic mass is 9.86. The Morgan fingerprint density at radius 2 is 2.18 bits per heavy atom.